The summed E-state index contributed by atoms with van der Waals surface area (Å²) in [5.74, 6) is 0. The molecule has 0 spiro atoms. The van der Waals surface area contributed by atoms with E-state index in [-0.39, 0.29) is 21.0 Å². The van der Waals surface area contributed by atoms with Crippen LogP contribution in [0.25, 0.3) is 0 Å². The number of hydrogen-bond donors (Lipinski definition) is 3. The van der Waals surface area contributed by atoms with Crippen LogP contribution in [0.3, 0.4) is 0 Å². The highest BCUT2D eigenvalue weighted by molar-refractivity contribution is 4.52. The molecule has 0 radical (unpaired) electrons. The Balaban J connectivity index is -0.0000000492. The van der Waals surface area contributed by atoms with Crippen LogP contribution in [0.5, 0.6) is 0 Å². The first kappa shape index (κ1) is 31.2. The Hall–Kier alpha value is -0.260. The molecular weight excluding hydrogens is 254 g/mol. The predicted octanol–water partition coefficient (Wildman–Crippen LogP) is 3.50. The summed E-state index contributed by atoms with van der Waals surface area (Å²) < 4.78 is 23.1. The SMILES string of the molecule is C.C.CC(O)C(C)F.CC(O)C(C)F.CCC(C)O. The van der Waals surface area contributed by atoms with Crippen molar-refractivity contribution in [1.29, 1.82) is 0 Å². The largest absolute Gasteiger partial charge is 0.393 e. The second-order valence-electron chi connectivity index (χ2n) is 4.09. The van der Waals surface area contributed by atoms with Gasteiger partial charge in [-0.25, -0.2) is 8.78 Å². The van der Waals surface area contributed by atoms with Crippen LogP contribution in [0.4, 0.5) is 8.78 Å². The minimum Gasteiger partial charge on any atom is -0.393 e. The highest BCUT2D eigenvalue weighted by Crippen LogP contribution is 1.93. The quantitative estimate of drug-likeness (QED) is 0.745. The Morgan fingerprint density at radius 2 is 0.842 bits per heavy atom. The molecule has 0 saturated heterocycles. The maximum atomic E-state index is 11.6. The van der Waals surface area contributed by atoms with Crippen LogP contribution in [0.2, 0.25) is 0 Å². The summed E-state index contributed by atoms with van der Waals surface area (Å²) in [6.45, 7) is 9.22. The van der Waals surface area contributed by atoms with E-state index in [1.165, 1.54) is 27.7 Å². The zero-order valence-corrected chi connectivity index (χ0v) is 11.7. The van der Waals surface area contributed by atoms with Crippen LogP contribution in [0, 0.1) is 0 Å². The molecule has 0 saturated carbocycles. The third-order valence-electron chi connectivity index (χ3n) is 1.92. The fourth-order valence-electron chi connectivity index (χ4n) is 0. The van der Waals surface area contributed by atoms with E-state index >= 15 is 0 Å². The van der Waals surface area contributed by atoms with E-state index in [2.05, 4.69) is 0 Å². The van der Waals surface area contributed by atoms with Crippen molar-refractivity contribution >= 4 is 0 Å². The molecule has 0 aromatic carbocycles. The van der Waals surface area contributed by atoms with Gasteiger partial charge in [-0.1, -0.05) is 21.8 Å². The molecule has 0 aliphatic carbocycles. The standard InChI is InChI=1S/2C4H9FO.C4H10O.2CH4/c2*1-3(5)4(2)6;1-3-4(2)5;;/h2*3-4,6H,1-2H3;4-5H,3H2,1-2H3;2*1H4. The van der Waals surface area contributed by atoms with Gasteiger partial charge in [-0.15, -0.1) is 0 Å². The summed E-state index contributed by atoms with van der Waals surface area (Å²) in [5.41, 5.74) is 0. The van der Waals surface area contributed by atoms with Crippen molar-refractivity contribution in [3.8, 4) is 0 Å². The lowest BCUT2D eigenvalue weighted by Crippen LogP contribution is -2.12. The number of rotatable bonds is 3. The van der Waals surface area contributed by atoms with Crippen molar-refractivity contribution in [3.05, 3.63) is 0 Å². The summed E-state index contributed by atoms with van der Waals surface area (Å²) in [6.07, 6.45) is -3.07. The molecule has 0 aromatic rings. The molecule has 0 aliphatic heterocycles. The van der Waals surface area contributed by atoms with Gasteiger partial charge in [0.25, 0.3) is 0 Å². The Bertz CT molecular complexity index is 115. The summed E-state index contributed by atoms with van der Waals surface area (Å²) in [7, 11) is 0. The van der Waals surface area contributed by atoms with Gasteiger partial charge in [0.15, 0.2) is 0 Å². The second kappa shape index (κ2) is 20.1. The first-order valence-corrected chi connectivity index (χ1v) is 5.88. The second-order valence-corrected chi connectivity index (χ2v) is 4.09. The molecule has 0 fully saturated rings. The molecule has 0 rings (SSSR count). The molecule has 0 aromatic heterocycles. The topological polar surface area (TPSA) is 60.7 Å². The van der Waals surface area contributed by atoms with Crippen molar-refractivity contribution in [3.63, 3.8) is 0 Å². The third-order valence-corrected chi connectivity index (χ3v) is 1.92. The van der Waals surface area contributed by atoms with E-state index in [4.69, 9.17) is 15.3 Å². The molecule has 3 nitrogen and oxygen atoms in total. The predicted molar refractivity (Wildman–Crippen MR) is 79.9 cm³/mol. The molecule has 124 valence electrons. The Kier molecular flexibility index (Phi) is 33.0. The number of alkyl halides is 2. The van der Waals surface area contributed by atoms with Crippen molar-refractivity contribution in [2.24, 2.45) is 0 Å². The molecule has 0 bridgehead atoms. The van der Waals surface area contributed by atoms with E-state index in [9.17, 15) is 8.78 Å². The van der Waals surface area contributed by atoms with Crippen LogP contribution in [-0.4, -0.2) is 46.0 Å². The molecule has 0 heterocycles. The summed E-state index contributed by atoms with van der Waals surface area (Å²) in [5, 5.41) is 24.9. The molecule has 19 heavy (non-hydrogen) atoms. The van der Waals surface area contributed by atoms with Gasteiger partial charge in [-0.2, -0.15) is 0 Å². The van der Waals surface area contributed by atoms with E-state index in [1.807, 2.05) is 6.92 Å². The molecule has 0 aliphatic rings. The summed E-state index contributed by atoms with van der Waals surface area (Å²) >= 11 is 0. The van der Waals surface area contributed by atoms with Gasteiger partial charge < -0.3 is 15.3 Å². The van der Waals surface area contributed by atoms with Gasteiger partial charge in [-0.3, -0.25) is 0 Å². The average molecular weight is 290 g/mol. The molecule has 3 N–H and O–H groups in total. The van der Waals surface area contributed by atoms with E-state index in [1.54, 1.807) is 6.92 Å². The van der Waals surface area contributed by atoms with Crippen LogP contribution in [0.15, 0.2) is 0 Å². The fraction of sp³-hybridized carbons (Fsp3) is 1.00. The number of halogens is 2. The van der Waals surface area contributed by atoms with Gasteiger partial charge in [0.1, 0.15) is 12.3 Å². The smallest absolute Gasteiger partial charge is 0.123 e. The van der Waals surface area contributed by atoms with Crippen LogP contribution in [0.1, 0.15) is 62.8 Å². The zero-order valence-electron chi connectivity index (χ0n) is 11.7. The lowest BCUT2D eigenvalue weighted by atomic mass is 10.3. The van der Waals surface area contributed by atoms with Crippen LogP contribution in [-0.2, 0) is 0 Å². The Morgan fingerprint density at radius 3 is 0.842 bits per heavy atom. The van der Waals surface area contributed by atoms with Crippen molar-refractivity contribution in [1.82, 2.24) is 0 Å². The normalized spacial score (nSPS) is 16.6. The Labute approximate surface area is 118 Å². The first-order valence-electron chi connectivity index (χ1n) is 5.88. The lowest BCUT2D eigenvalue weighted by Gasteiger charge is -2.00. The maximum Gasteiger partial charge on any atom is 0.123 e. The van der Waals surface area contributed by atoms with E-state index < -0.39 is 24.6 Å². The van der Waals surface area contributed by atoms with Crippen molar-refractivity contribution < 1.29 is 24.1 Å². The minimum atomic E-state index is -1.09. The fourth-order valence-corrected chi connectivity index (χ4v) is 0. The summed E-state index contributed by atoms with van der Waals surface area (Å²) in [4.78, 5) is 0. The Morgan fingerprint density at radius 1 is 0.737 bits per heavy atom. The molecule has 0 amide bonds. The number of aliphatic hydroxyl groups is 3. The van der Waals surface area contributed by atoms with Crippen LogP contribution >= 0.6 is 0 Å². The van der Waals surface area contributed by atoms with E-state index in [0.29, 0.717) is 0 Å². The molecule has 5 unspecified atom stereocenters. The van der Waals surface area contributed by atoms with Gasteiger partial charge >= 0.3 is 0 Å². The third kappa shape index (κ3) is 46.3. The lowest BCUT2D eigenvalue weighted by molar-refractivity contribution is 0.104. The number of aliphatic hydroxyl groups excluding tert-OH is 3. The highest BCUT2D eigenvalue weighted by atomic mass is 19.1. The molecule has 5 atom stereocenters. The monoisotopic (exact) mass is 290 g/mol. The maximum absolute atomic E-state index is 11.6. The van der Waals surface area contributed by atoms with Gasteiger partial charge in [0, 0.05) is 0 Å². The number of hydrogen-bond acceptors (Lipinski definition) is 3. The average Bonchev–Trinajstić information content (AvgIpc) is 2.19. The van der Waals surface area contributed by atoms with Crippen LogP contribution < -0.4 is 0 Å². The van der Waals surface area contributed by atoms with Gasteiger partial charge in [0.2, 0.25) is 0 Å². The van der Waals surface area contributed by atoms with Crippen molar-refractivity contribution in [2.75, 3.05) is 0 Å². The van der Waals surface area contributed by atoms with Gasteiger partial charge in [-0.05, 0) is 41.0 Å². The minimum absolute atomic E-state index is 0. The van der Waals surface area contributed by atoms with E-state index in [0.717, 1.165) is 6.42 Å². The molecular formula is C14H36F2O3. The zero-order chi connectivity index (χ0) is 14.6. The van der Waals surface area contributed by atoms with Crippen molar-refractivity contribution in [2.45, 2.75) is 93.5 Å². The molecule has 5 heteroatoms. The first-order chi connectivity index (χ1) is 7.56. The highest BCUT2D eigenvalue weighted by Gasteiger charge is 2.03. The summed E-state index contributed by atoms with van der Waals surface area (Å²) in [6, 6.07) is 0. The van der Waals surface area contributed by atoms with Gasteiger partial charge in [0.05, 0.1) is 18.3 Å².